The molecule has 2 N–H and O–H groups in total. The molecule has 8 heteroatoms. The minimum Gasteiger partial charge on any atom is -0.481 e. The van der Waals surface area contributed by atoms with Gasteiger partial charge >= 0.3 is 5.97 Å². The second kappa shape index (κ2) is 4.69. The Labute approximate surface area is 113 Å². The van der Waals surface area contributed by atoms with Gasteiger partial charge in [-0.15, -0.1) is 0 Å². The number of anilines is 1. The summed E-state index contributed by atoms with van der Waals surface area (Å²) in [5, 5.41) is 11.2. The van der Waals surface area contributed by atoms with Crippen molar-refractivity contribution in [2.45, 2.75) is 6.42 Å². The van der Waals surface area contributed by atoms with Crippen LogP contribution in [0.4, 0.5) is 5.82 Å². The SMILES string of the molecule is O=C(O)[C@H]1C[C@H]1C(=O)Nc1ncc(Br)nc1Br. The third-order valence-corrected chi connectivity index (χ3v) is 3.32. The molecular weight excluding hydrogens is 358 g/mol. The Hall–Kier alpha value is -1.02. The van der Waals surface area contributed by atoms with Crippen molar-refractivity contribution in [1.29, 1.82) is 0 Å². The van der Waals surface area contributed by atoms with Crippen LogP contribution in [-0.2, 0) is 9.59 Å². The summed E-state index contributed by atoms with van der Waals surface area (Å²) in [6, 6.07) is 0. The van der Waals surface area contributed by atoms with Gasteiger partial charge in [0.15, 0.2) is 5.82 Å². The molecule has 0 aliphatic heterocycles. The van der Waals surface area contributed by atoms with E-state index in [-0.39, 0.29) is 11.7 Å². The van der Waals surface area contributed by atoms with E-state index in [1.165, 1.54) is 6.20 Å². The van der Waals surface area contributed by atoms with Gasteiger partial charge in [0.05, 0.1) is 18.0 Å². The summed E-state index contributed by atoms with van der Waals surface area (Å²) in [6.45, 7) is 0. The van der Waals surface area contributed by atoms with Crippen LogP contribution in [0.1, 0.15) is 6.42 Å². The molecule has 90 valence electrons. The number of hydrogen-bond acceptors (Lipinski definition) is 4. The highest BCUT2D eigenvalue weighted by Gasteiger charge is 2.48. The van der Waals surface area contributed by atoms with E-state index < -0.39 is 17.8 Å². The Kier molecular flexibility index (Phi) is 3.43. The van der Waals surface area contributed by atoms with E-state index in [9.17, 15) is 9.59 Å². The predicted octanol–water partition coefficient (Wildman–Crippen LogP) is 1.66. The Morgan fingerprint density at radius 1 is 1.41 bits per heavy atom. The predicted molar refractivity (Wildman–Crippen MR) is 65.3 cm³/mol. The van der Waals surface area contributed by atoms with Crippen LogP contribution < -0.4 is 5.32 Å². The number of hydrogen-bond donors (Lipinski definition) is 2. The van der Waals surface area contributed by atoms with Crippen molar-refractivity contribution in [1.82, 2.24) is 9.97 Å². The first-order valence-corrected chi connectivity index (χ1v) is 6.29. The van der Waals surface area contributed by atoms with E-state index in [4.69, 9.17) is 5.11 Å². The quantitative estimate of drug-likeness (QED) is 0.850. The number of nitrogens with zero attached hydrogens (tertiary/aromatic N) is 2. The molecule has 1 fully saturated rings. The molecule has 0 saturated heterocycles. The Morgan fingerprint density at radius 3 is 2.65 bits per heavy atom. The van der Waals surface area contributed by atoms with Crippen molar-refractivity contribution in [3.05, 3.63) is 15.4 Å². The lowest BCUT2D eigenvalue weighted by atomic mass is 10.3. The highest BCUT2D eigenvalue weighted by Crippen LogP contribution is 2.39. The van der Waals surface area contributed by atoms with E-state index in [2.05, 4.69) is 47.1 Å². The van der Waals surface area contributed by atoms with Crippen LogP contribution in [0.25, 0.3) is 0 Å². The fourth-order valence-corrected chi connectivity index (χ4v) is 2.31. The zero-order valence-electron chi connectivity index (χ0n) is 8.35. The minimum atomic E-state index is -0.939. The van der Waals surface area contributed by atoms with Crippen LogP contribution in [0.5, 0.6) is 0 Å². The van der Waals surface area contributed by atoms with E-state index in [0.29, 0.717) is 15.6 Å². The molecule has 6 nitrogen and oxygen atoms in total. The lowest BCUT2D eigenvalue weighted by molar-refractivity contribution is -0.139. The standard InChI is InChI=1S/C9H7Br2N3O3/c10-5-2-12-7(6(11)13-5)14-8(15)3-1-4(3)9(16)17/h2-4H,1H2,(H,16,17)(H,12,14,15)/t3-,4+/m1/s1. The van der Waals surface area contributed by atoms with Crippen LogP contribution in [0.2, 0.25) is 0 Å². The van der Waals surface area contributed by atoms with Gasteiger partial charge in [-0.25, -0.2) is 9.97 Å². The van der Waals surface area contributed by atoms with Crippen LogP contribution in [0, 0.1) is 11.8 Å². The summed E-state index contributed by atoms with van der Waals surface area (Å²) in [5.74, 6) is -2.03. The van der Waals surface area contributed by atoms with Crippen LogP contribution in [-0.4, -0.2) is 27.0 Å². The van der Waals surface area contributed by atoms with Gasteiger partial charge in [0.2, 0.25) is 5.91 Å². The molecule has 1 heterocycles. The van der Waals surface area contributed by atoms with E-state index in [1.807, 2.05) is 0 Å². The Bertz CT molecular complexity index is 494. The zero-order chi connectivity index (χ0) is 12.6. The van der Waals surface area contributed by atoms with Gasteiger partial charge in [-0.05, 0) is 38.3 Å². The maximum absolute atomic E-state index is 11.7. The number of carboxylic acid groups (broad SMARTS) is 1. The molecule has 2 rings (SSSR count). The number of amides is 1. The number of nitrogens with one attached hydrogen (secondary N) is 1. The molecule has 0 aromatic carbocycles. The van der Waals surface area contributed by atoms with Crippen molar-refractivity contribution in [2.75, 3.05) is 5.32 Å². The molecule has 0 unspecified atom stereocenters. The molecule has 17 heavy (non-hydrogen) atoms. The van der Waals surface area contributed by atoms with Crippen molar-refractivity contribution in [2.24, 2.45) is 11.8 Å². The van der Waals surface area contributed by atoms with Gasteiger partial charge in [-0.3, -0.25) is 9.59 Å². The highest BCUT2D eigenvalue weighted by atomic mass is 79.9. The summed E-state index contributed by atoms with van der Waals surface area (Å²) in [7, 11) is 0. The summed E-state index contributed by atoms with van der Waals surface area (Å²) in [5.41, 5.74) is 0. The van der Waals surface area contributed by atoms with Crippen molar-refractivity contribution >= 4 is 49.6 Å². The normalized spacial score (nSPS) is 22.0. The maximum atomic E-state index is 11.7. The number of carbonyl (C=O) groups is 2. The van der Waals surface area contributed by atoms with Crippen molar-refractivity contribution in [3.63, 3.8) is 0 Å². The molecule has 2 atom stereocenters. The van der Waals surface area contributed by atoms with Gasteiger partial charge in [-0.2, -0.15) is 0 Å². The number of carboxylic acids is 1. The smallest absolute Gasteiger partial charge is 0.307 e. The fourth-order valence-electron chi connectivity index (χ4n) is 1.40. The monoisotopic (exact) mass is 363 g/mol. The van der Waals surface area contributed by atoms with Crippen molar-refractivity contribution < 1.29 is 14.7 Å². The van der Waals surface area contributed by atoms with Gasteiger partial charge in [0, 0.05) is 0 Å². The first kappa shape index (κ1) is 12.4. The van der Waals surface area contributed by atoms with Gasteiger partial charge in [0.25, 0.3) is 0 Å². The summed E-state index contributed by atoms with van der Waals surface area (Å²) >= 11 is 6.29. The molecule has 1 aromatic heterocycles. The number of aliphatic carboxylic acids is 1. The zero-order valence-corrected chi connectivity index (χ0v) is 11.5. The minimum absolute atomic E-state index is 0.286. The lowest BCUT2D eigenvalue weighted by Gasteiger charge is -2.04. The number of carbonyl (C=O) groups excluding carboxylic acids is 1. The fraction of sp³-hybridized carbons (Fsp3) is 0.333. The number of halogens is 2. The van der Waals surface area contributed by atoms with Crippen LogP contribution in [0.15, 0.2) is 15.4 Å². The van der Waals surface area contributed by atoms with Gasteiger partial charge in [0.1, 0.15) is 9.21 Å². The first-order chi connectivity index (χ1) is 7.99. The molecule has 0 radical (unpaired) electrons. The molecule has 0 spiro atoms. The van der Waals surface area contributed by atoms with Gasteiger partial charge < -0.3 is 10.4 Å². The second-order valence-electron chi connectivity index (χ2n) is 3.61. The molecular formula is C9H7Br2N3O3. The molecule has 1 saturated carbocycles. The molecule has 1 aliphatic rings. The molecule has 1 aromatic rings. The third-order valence-electron chi connectivity index (χ3n) is 2.39. The highest BCUT2D eigenvalue weighted by molar-refractivity contribution is 9.11. The maximum Gasteiger partial charge on any atom is 0.307 e. The lowest BCUT2D eigenvalue weighted by Crippen LogP contribution is -2.18. The van der Waals surface area contributed by atoms with E-state index in [1.54, 1.807) is 0 Å². The van der Waals surface area contributed by atoms with E-state index >= 15 is 0 Å². The molecule has 1 aliphatic carbocycles. The largest absolute Gasteiger partial charge is 0.481 e. The first-order valence-electron chi connectivity index (χ1n) is 4.70. The van der Waals surface area contributed by atoms with Crippen molar-refractivity contribution in [3.8, 4) is 0 Å². The Balaban J connectivity index is 2.02. The topological polar surface area (TPSA) is 92.2 Å². The molecule has 0 bridgehead atoms. The van der Waals surface area contributed by atoms with E-state index in [0.717, 1.165) is 0 Å². The number of rotatable bonds is 3. The van der Waals surface area contributed by atoms with Crippen LogP contribution >= 0.6 is 31.9 Å². The van der Waals surface area contributed by atoms with Crippen LogP contribution in [0.3, 0.4) is 0 Å². The second-order valence-corrected chi connectivity index (χ2v) is 5.17. The third kappa shape index (κ3) is 2.81. The average molecular weight is 365 g/mol. The number of aromatic nitrogens is 2. The Morgan fingerprint density at radius 2 is 2.12 bits per heavy atom. The molecule has 1 amide bonds. The summed E-state index contributed by atoms with van der Waals surface area (Å²) in [4.78, 5) is 30.2. The van der Waals surface area contributed by atoms with Gasteiger partial charge in [-0.1, -0.05) is 0 Å². The summed E-state index contributed by atoms with van der Waals surface area (Å²) < 4.78 is 0.935. The average Bonchev–Trinajstić information content (AvgIpc) is 3.01. The summed E-state index contributed by atoms with van der Waals surface area (Å²) in [6.07, 6.45) is 1.82.